The third-order valence-corrected chi connectivity index (χ3v) is 4.63. The number of carbonyl (C=O) groups excluding carboxylic acids is 1. The Bertz CT molecular complexity index is 793. The van der Waals surface area contributed by atoms with E-state index in [2.05, 4.69) is 10.6 Å². The molecule has 1 atom stereocenters. The number of carbonyl (C=O) groups is 2. The molecule has 3 N–H and O–H groups in total. The summed E-state index contributed by atoms with van der Waals surface area (Å²) in [6, 6.07) is 10.6. The van der Waals surface area contributed by atoms with E-state index in [1.165, 1.54) is 12.1 Å². The molecule has 2 aromatic rings. The summed E-state index contributed by atoms with van der Waals surface area (Å²) in [7, 11) is 1.88. The lowest BCUT2D eigenvalue weighted by Crippen LogP contribution is -2.42. The summed E-state index contributed by atoms with van der Waals surface area (Å²) in [4.78, 5) is 24.0. The molecule has 0 bridgehead atoms. The van der Waals surface area contributed by atoms with Gasteiger partial charge in [0.25, 0.3) is 5.91 Å². The molecule has 1 unspecified atom stereocenters. The van der Waals surface area contributed by atoms with Gasteiger partial charge in [0.15, 0.2) is 0 Å². The molecule has 1 amide bonds. The van der Waals surface area contributed by atoms with Crippen LogP contribution in [0, 0.1) is 0 Å². The third-order valence-electron chi connectivity index (χ3n) is 4.00. The van der Waals surface area contributed by atoms with E-state index in [0.717, 1.165) is 18.5 Å². The summed E-state index contributed by atoms with van der Waals surface area (Å²) >= 11 is 12.0. The van der Waals surface area contributed by atoms with Crippen molar-refractivity contribution in [3.05, 3.63) is 63.6 Å². The topological polar surface area (TPSA) is 87.7 Å². The van der Waals surface area contributed by atoms with Crippen LogP contribution in [0.2, 0.25) is 10.0 Å². The number of benzene rings is 2. The number of ether oxygens (including phenoxy) is 1. The van der Waals surface area contributed by atoms with Crippen LogP contribution < -0.4 is 15.4 Å². The second-order valence-corrected chi connectivity index (χ2v) is 6.93. The molecule has 2 aromatic carbocycles. The van der Waals surface area contributed by atoms with Crippen LogP contribution in [0.15, 0.2) is 42.5 Å². The number of aliphatic carboxylic acids is 1. The fourth-order valence-electron chi connectivity index (χ4n) is 2.54. The summed E-state index contributed by atoms with van der Waals surface area (Å²) in [5.74, 6) is -1.07. The lowest BCUT2D eigenvalue weighted by atomic mass is 10.1. The first-order valence-corrected chi connectivity index (χ1v) is 10.5. The van der Waals surface area contributed by atoms with Crippen molar-refractivity contribution in [3.63, 3.8) is 0 Å². The van der Waals surface area contributed by atoms with Crippen LogP contribution in [0.25, 0.3) is 0 Å². The molecule has 0 aromatic heterocycles. The molecule has 30 heavy (non-hydrogen) atoms. The molecule has 164 valence electrons. The highest BCUT2D eigenvalue weighted by molar-refractivity contribution is 6.39. The van der Waals surface area contributed by atoms with Gasteiger partial charge < -0.3 is 20.5 Å². The van der Waals surface area contributed by atoms with Gasteiger partial charge in [0.05, 0.1) is 22.2 Å². The van der Waals surface area contributed by atoms with Crippen molar-refractivity contribution in [2.24, 2.45) is 0 Å². The SMILES string of the molecule is CC.CNCCCOc1ccc(CC(NC(=O)c2c(Cl)cccc2Cl)C(=O)O)cc1. The Kier molecular flexibility index (Phi) is 11.9. The molecule has 0 aliphatic rings. The molecule has 0 radical (unpaired) electrons. The van der Waals surface area contributed by atoms with Crippen molar-refractivity contribution in [1.29, 1.82) is 0 Å². The van der Waals surface area contributed by atoms with Gasteiger partial charge in [-0.25, -0.2) is 4.79 Å². The van der Waals surface area contributed by atoms with Gasteiger partial charge >= 0.3 is 5.97 Å². The third kappa shape index (κ3) is 8.22. The van der Waals surface area contributed by atoms with Gasteiger partial charge in [0.2, 0.25) is 0 Å². The number of rotatable bonds is 10. The lowest BCUT2D eigenvalue weighted by Gasteiger charge is -2.16. The Labute approximate surface area is 187 Å². The van der Waals surface area contributed by atoms with Gasteiger partial charge in [-0.2, -0.15) is 0 Å². The molecule has 0 saturated carbocycles. The summed E-state index contributed by atoms with van der Waals surface area (Å²) in [6.07, 6.45) is 0.999. The zero-order valence-electron chi connectivity index (χ0n) is 17.4. The minimum absolute atomic E-state index is 0.0578. The fraction of sp³-hybridized carbons (Fsp3) is 0.364. The zero-order chi connectivity index (χ0) is 22.5. The van der Waals surface area contributed by atoms with Crippen molar-refractivity contribution in [3.8, 4) is 5.75 Å². The Morgan fingerprint density at radius 2 is 1.67 bits per heavy atom. The van der Waals surface area contributed by atoms with Gasteiger partial charge in [-0.3, -0.25) is 4.79 Å². The van der Waals surface area contributed by atoms with Crippen molar-refractivity contribution in [1.82, 2.24) is 10.6 Å². The largest absolute Gasteiger partial charge is 0.494 e. The standard InChI is InChI=1S/C20H22Cl2N2O4.C2H6/c1-23-10-3-11-28-14-8-6-13(7-9-14)12-17(20(26)27)24-19(25)18-15(21)4-2-5-16(18)22;1-2/h2,4-9,17,23H,3,10-12H2,1H3,(H,24,25)(H,26,27);1-2H3. The van der Waals surface area contributed by atoms with Gasteiger partial charge in [0.1, 0.15) is 11.8 Å². The molecular weight excluding hydrogens is 427 g/mol. The molecule has 0 saturated heterocycles. The van der Waals surface area contributed by atoms with Crippen molar-refractivity contribution < 1.29 is 19.4 Å². The quantitative estimate of drug-likeness (QED) is 0.462. The Morgan fingerprint density at radius 3 is 2.20 bits per heavy atom. The van der Waals surface area contributed by atoms with E-state index in [0.29, 0.717) is 12.4 Å². The zero-order valence-corrected chi connectivity index (χ0v) is 18.9. The summed E-state index contributed by atoms with van der Waals surface area (Å²) in [5, 5.41) is 15.3. The summed E-state index contributed by atoms with van der Waals surface area (Å²) in [6.45, 7) is 5.46. The second-order valence-electron chi connectivity index (χ2n) is 6.11. The average molecular weight is 455 g/mol. The van der Waals surface area contributed by atoms with E-state index in [4.69, 9.17) is 27.9 Å². The van der Waals surface area contributed by atoms with Gasteiger partial charge in [-0.1, -0.05) is 55.2 Å². The van der Waals surface area contributed by atoms with Crippen LogP contribution in [0.1, 0.15) is 36.2 Å². The van der Waals surface area contributed by atoms with E-state index < -0.39 is 17.9 Å². The molecular formula is C22H28Cl2N2O4. The van der Waals surface area contributed by atoms with E-state index in [9.17, 15) is 14.7 Å². The fourth-order valence-corrected chi connectivity index (χ4v) is 3.11. The van der Waals surface area contributed by atoms with Crippen LogP contribution >= 0.6 is 23.2 Å². The van der Waals surface area contributed by atoms with Crippen molar-refractivity contribution in [2.45, 2.75) is 32.7 Å². The van der Waals surface area contributed by atoms with Gasteiger partial charge in [-0.15, -0.1) is 0 Å². The number of hydrogen-bond acceptors (Lipinski definition) is 4. The first-order valence-electron chi connectivity index (χ1n) is 9.76. The number of nitrogens with one attached hydrogen (secondary N) is 2. The Balaban J connectivity index is 0.00000218. The van der Waals surface area contributed by atoms with E-state index in [-0.39, 0.29) is 22.0 Å². The second kappa shape index (κ2) is 13.9. The van der Waals surface area contributed by atoms with Crippen LogP contribution in [-0.2, 0) is 11.2 Å². The highest BCUT2D eigenvalue weighted by atomic mass is 35.5. The number of carboxylic acid groups (broad SMARTS) is 1. The predicted octanol–water partition coefficient (Wildman–Crippen LogP) is 4.43. The maximum Gasteiger partial charge on any atom is 0.326 e. The molecule has 0 aliphatic heterocycles. The maximum atomic E-state index is 12.4. The minimum atomic E-state index is -1.15. The monoisotopic (exact) mass is 454 g/mol. The van der Waals surface area contributed by atoms with Crippen LogP contribution in [0.3, 0.4) is 0 Å². The van der Waals surface area contributed by atoms with Crippen molar-refractivity contribution >= 4 is 35.1 Å². The maximum absolute atomic E-state index is 12.4. The average Bonchev–Trinajstić information content (AvgIpc) is 2.73. The molecule has 0 spiro atoms. The highest BCUT2D eigenvalue weighted by Crippen LogP contribution is 2.24. The van der Waals surface area contributed by atoms with E-state index in [1.807, 2.05) is 20.9 Å². The normalized spacial score (nSPS) is 11.1. The number of carboxylic acids is 1. The predicted molar refractivity (Wildman–Crippen MR) is 121 cm³/mol. The molecule has 8 heteroatoms. The number of amides is 1. The van der Waals surface area contributed by atoms with E-state index >= 15 is 0 Å². The van der Waals surface area contributed by atoms with Crippen LogP contribution in [-0.4, -0.2) is 43.2 Å². The lowest BCUT2D eigenvalue weighted by molar-refractivity contribution is -0.139. The first kappa shape index (κ1) is 25.8. The molecule has 0 fully saturated rings. The van der Waals surface area contributed by atoms with Gasteiger partial charge in [0, 0.05) is 6.42 Å². The Hall–Kier alpha value is -2.28. The summed E-state index contributed by atoms with van der Waals surface area (Å²) in [5.41, 5.74) is 0.808. The molecule has 0 heterocycles. The first-order chi connectivity index (χ1) is 14.4. The Morgan fingerprint density at radius 1 is 1.07 bits per heavy atom. The van der Waals surface area contributed by atoms with E-state index in [1.54, 1.807) is 30.3 Å². The minimum Gasteiger partial charge on any atom is -0.494 e. The van der Waals surface area contributed by atoms with Crippen molar-refractivity contribution in [2.75, 3.05) is 20.2 Å². The molecule has 2 rings (SSSR count). The molecule has 6 nitrogen and oxygen atoms in total. The molecule has 0 aliphatic carbocycles. The smallest absolute Gasteiger partial charge is 0.326 e. The highest BCUT2D eigenvalue weighted by Gasteiger charge is 2.23. The summed E-state index contributed by atoms with van der Waals surface area (Å²) < 4.78 is 5.61. The number of hydrogen-bond donors (Lipinski definition) is 3. The van der Waals surface area contributed by atoms with Crippen LogP contribution in [0.5, 0.6) is 5.75 Å². The van der Waals surface area contributed by atoms with Gasteiger partial charge in [-0.05, 0) is 49.8 Å². The number of halogens is 2. The van der Waals surface area contributed by atoms with Crippen LogP contribution in [0.4, 0.5) is 0 Å².